The molecule has 1 aliphatic heterocycles. The first-order valence-electron chi connectivity index (χ1n) is 6.42. The predicted octanol–water partition coefficient (Wildman–Crippen LogP) is 4.02. The van der Waals surface area contributed by atoms with Crippen LogP contribution in [0.15, 0.2) is 46.9 Å². The Hall–Kier alpha value is -1.48. The summed E-state index contributed by atoms with van der Waals surface area (Å²) < 4.78 is 6.34. The first-order valence-corrected chi connectivity index (χ1v) is 7.22. The summed E-state index contributed by atoms with van der Waals surface area (Å²) in [6, 6.07) is 14.9. The van der Waals surface area contributed by atoms with Gasteiger partial charge in [-0.1, -0.05) is 34.1 Å². The van der Waals surface area contributed by atoms with Crippen LogP contribution in [0.3, 0.4) is 0 Å². The molecule has 0 fully saturated rings. The minimum absolute atomic E-state index is 0.910. The Balaban J connectivity index is 1.80. The fraction of sp³-hybridized carbons (Fsp3) is 0.250. The van der Waals surface area contributed by atoms with Crippen molar-refractivity contribution >= 4 is 21.6 Å². The van der Waals surface area contributed by atoms with E-state index in [0.717, 1.165) is 29.7 Å². The van der Waals surface area contributed by atoms with Gasteiger partial charge in [-0.15, -0.1) is 0 Å². The highest BCUT2D eigenvalue weighted by Crippen LogP contribution is 2.32. The average molecular weight is 318 g/mol. The average Bonchev–Trinajstić information content (AvgIpc) is 2.82. The van der Waals surface area contributed by atoms with Gasteiger partial charge in [-0.2, -0.15) is 0 Å². The van der Waals surface area contributed by atoms with Crippen molar-refractivity contribution in [1.82, 2.24) is 0 Å². The van der Waals surface area contributed by atoms with Crippen molar-refractivity contribution in [3.63, 3.8) is 0 Å². The minimum atomic E-state index is 0.910. The number of ether oxygens (including phenoxy) is 1. The maximum absolute atomic E-state index is 5.19. The molecule has 0 amide bonds. The van der Waals surface area contributed by atoms with E-state index in [1.165, 1.54) is 16.8 Å². The van der Waals surface area contributed by atoms with Crippen LogP contribution in [0.4, 0.5) is 5.69 Å². The molecule has 0 atom stereocenters. The van der Waals surface area contributed by atoms with Crippen LogP contribution in [0.1, 0.15) is 11.1 Å². The Morgan fingerprint density at radius 3 is 2.68 bits per heavy atom. The van der Waals surface area contributed by atoms with E-state index in [1.54, 1.807) is 7.11 Å². The Bertz CT molecular complexity index is 580. The van der Waals surface area contributed by atoms with E-state index >= 15 is 0 Å². The first kappa shape index (κ1) is 12.5. The van der Waals surface area contributed by atoms with Gasteiger partial charge in [0, 0.05) is 23.2 Å². The fourth-order valence-corrected chi connectivity index (χ4v) is 2.88. The topological polar surface area (TPSA) is 12.5 Å². The van der Waals surface area contributed by atoms with Gasteiger partial charge in [0.15, 0.2) is 0 Å². The molecule has 19 heavy (non-hydrogen) atoms. The van der Waals surface area contributed by atoms with Crippen LogP contribution >= 0.6 is 15.9 Å². The highest BCUT2D eigenvalue weighted by Gasteiger charge is 2.19. The molecule has 0 radical (unpaired) electrons. The summed E-state index contributed by atoms with van der Waals surface area (Å²) in [4.78, 5) is 2.43. The number of halogens is 1. The van der Waals surface area contributed by atoms with Gasteiger partial charge in [0.1, 0.15) is 5.75 Å². The second-order valence-electron chi connectivity index (χ2n) is 4.79. The molecule has 0 saturated carbocycles. The van der Waals surface area contributed by atoms with E-state index in [-0.39, 0.29) is 0 Å². The van der Waals surface area contributed by atoms with E-state index < -0.39 is 0 Å². The van der Waals surface area contributed by atoms with E-state index in [0.29, 0.717) is 0 Å². The summed E-state index contributed by atoms with van der Waals surface area (Å²) in [5.74, 6) is 0.910. The maximum Gasteiger partial charge on any atom is 0.118 e. The minimum Gasteiger partial charge on any atom is -0.497 e. The second kappa shape index (κ2) is 5.25. The number of methoxy groups -OCH3 is 1. The lowest BCUT2D eigenvalue weighted by Gasteiger charge is -2.19. The van der Waals surface area contributed by atoms with Gasteiger partial charge in [-0.3, -0.25) is 0 Å². The van der Waals surface area contributed by atoms with Crippen molar-refractivity contribution in [2.45, 2.75) is 13.0 Å². The van der Waals surface area contributed by atoms with Crippen molar-refractivity contribution in [2.24, 2.45) is 0 Å². The van der Waals surface area contributed by atoms with Gasteiger partial charge in [0.05, 0.1) is 7.11 Å². The van der Waals surface area contributed by atoms with E-state index in [4.69, 9.17) is 4.74 Å². The zero-order valence-electron chi connectivity index (χ0n) is 10.9. The molecule has 0 aliphatic carbocycles. The summed E-state index contributed by atoms with van der Waals surface area (Å²) in [6.45, 7) is 2.05. The van der Waals surface area contributed by atoms with Crippen LogP contribution in [0, 0.1) is 0 Å². The van der Waals surface area contributed by atoms with E-state index in [1.807, 2.05) is 12.1 Å². The van der Waals surface area contributed by atoms with Crippen LogP contribution < -0.4 is 9.64 Å². The lowest BCUT2D eigenvalue weighted by atomic mass is 10.1. The van der Waals surface area contributed by atoms with Gasteiger partial charge in [0.2, 0.25) is 0 Å². The maximum atomic E-state index is 5.19. The van der Waals surface area contributed by atoms with Crippen LogP contribution in [-0.4, -0.2) is 13.7 Å². The smallest absolute Gasteiger partial charge is 0.118 e. The van der Waals surface area contributed by atoms with Crippen LogP contribution in [0.25, 0.3) is 0 Å². The molecule has 0 spiro atoms. The monoisotopic (exact) mass is 317 g/mol. The third-order valence-corrected chi connectivity index (χ3v) is 4.06. The first-order chi connectivity index (χ1) is 9.26. The number of nitrogens with zero attached hydrogens (tertiary/aromatic N) is 1. The second-order valence-corrected chi connectivity index (χ2v) is 5.71. The number of hydrogen-bond acceptors (Lipinski definition) is 2. The zero-order valence-corrected chi connectivity index (χ0v) is 12.5. The molecule has 98 valence electrons. The Morgan fingerprint density at radius 2 is 1.95 bits per heavy atom. The van der Waals surface area contributed by atoms with Gasteiger partial charge >= 0.3 is 0 Å². The molecule has 2 aromatic carbocycles. The number of hydrogen-bond donors (Lipinski definition) is 0. The molecule has 0 aromatic heterocycles. The summed E-state index contributed by atoms with van der Waals surface area (Å²) in [7, 11) is 1.70. The molecule has 3 heteroatoms. The molecule has 0 saturated heterocycles. The normalized spacial score (nSPS) is 13.5. The summed E-state index contributed by atoms with van der Waals surface area (Å²) in [5, 5.41) is 0. The van der Waals surface area contributed by atoms with Gasteiger partial charge in [0.25, 0.3) is 0 Å². The third-order valence-electron chi connectivity index (χ3n) is 3.57. The van der Waals surface area contributed by atoms with Crippen LogP contribution in [0.5, 0.6) is 5.75 Å². The summed E-state index contributed by atoms with van der Waals surface area (Å²) in [6.07, 6.45) is 1.14. The standard InChI is InChI=1S/C16H16BrNO/c1-19-15-6-2-12(3-7-15)11-18-9-8-13-4-5-14(17)10-16(13)18/h2-7,10H,8-9,11H2,1H3. The lowest BCUT2D eigenvalue weighted by Crippen LogP contribution is -2.19. The molecular weight excluding hydrogens is 302 g/mol. The molecule has 1 aliphatic rings. The molecule has 2 aromatic rings. The Kier molecular flexibility index (Phi) is 3.47. The third kappa shape index (κ3) is 2.61. The fourth-order valence-electron chi connectivity index (χ4n) is 2.53. The molecule has 0 N–H and O–H groups in total. The molecule has 0 bridgehead atoms. The van der Waals surface area contributed by atoms with Gasteiger partial charge < -0.3 is 9.64 Å². The van der Waals surface area contributed by atoms with Gasteiger partial charge in [-0.05, 0) is 41.8 Å². The lowest BCUT2D eigenvalue weighted by molar-refractivity contribution is 0.414. The number of benzene rings is 2. The Labute approximate surface area is 122 Å². The van der Waals surface area contributed by atoms with E-state index in [9.17, 15) is 0 Å². The van der Waals surface area contributed by atoms with E-state index in [2.05, 4.69) is 51.2 Å². The van der Waals surface area contributed by atoms with Crippen LogP contribution in [-0.2, 0) is 13.0 Å². The highest BCUT2D eigenvalue weighted by molar-refractivity contribution is 9.10. The van der Waals surface area contributed by atoms with Crippen LogP contribution in [0.2, 0.25) is 0 Å². The largest absolute Gasteiger partial charge is 0.497 e. The zero-order chi connectivity index (χ0) is 13.2. The summed E-state index contributed by atoms with van der Waals surface area (Å²) >= 11 is 3.55. The molecule has 2 nitrogen and oxygen atoms in total. The predicted molar refractivity (Wildman–Crippen MR) is 81.9 cm³/mol. The Morgan fingerprint density at radius 1 is 1.16 bits per heavy atom. The number of anilines is 1. The van der Waals surface area contributed by atoms with Crippen molar-refractivity contribution in [3.05, 3.63) is 58.1 Å². The van der Waals surface area contributed by atoms with Crippen molar-refractivity contribution in [1.29, 1.82) is 0 Å². The quantitative estimate of drug-likeness (QED) is 0.847. The van der Waals surface area contributed by atoms with Gasteiger partial charge in [-0.25, -0.2) is 0 Å². The SMILES string of the molecule is COc1ccc(CN2CCc3ccc(Br)cc32)cc1. The van der Waals surface area contributed by atoms with Crippen molar-refractivity contribution in [3.8, 4) is 5.75 Å². The molecule has 0 unspecified atom stereocenters. The van der Waals surface area contributed by atoms with Crippen molar-refractivity contribution in [2.75, 3.05) is 18.6 Å². The molecule has 1 heterocycles. The molecular formula is C16H16BrNO. The number of fused-ring (bicyclic) bond motifs is 1. The van der Waals surface area contributed by atoms with Crippen molar-refractivity contribution < 1.29 is 4.74 Å². The summed E-state index contributed by atoms with van der Waals surface area (Å²) in [5.41, 5.74) is 4.11. The molecule has 3 rings (SSSR count). The number of rotatable bonds is 3. The highest BCUT2D eigenvalue weighted by atomic mass is 79.9.